The van der Waals surface area contributed by atoms with E-state index in [2.05, 4.69) is 39.9 Å². The first-order valence-electron chi connectivity index (χ1n) is 8.29. The molecule has 0 unspecified atom stereocenters. The molecular weight excluding hydrogens is 318 g/mol. The molecule has 1 heterocycles. The molecule has 7 nitrogen and oxygen atoms in total. The van der Waals surface area contributed by atoms with Crippen LogP contribution in [-0.2, 0) is 17.9 Å². The number of nitrogens with zero attached hydrogens (tertiary/aromatic N) is 2. The normalized spacial score (nSPS) is 11.4. The van der Waals surface area contributed by atoms with Crippen molar-refractivity contribution in [3.63, 3.8) is 0 Å². The van der Waals surface area contributed by atoms with E-state index in [1.54, 1.807) is 7.05 Å². The van der Waals surface area contributed by atoms with E-state index in [9.17, 15) is 4.79 Å². The van der Waals surface area contributed by atoms with Gasteiger partial charge in [-0.3, -0.25) is 9.79 Å². The summed E-state index contributed by atoms with van der Waals surface area (Å²) in [6.07, 6.45) is 0. The number of amides is 1. The first-order valence-corrected chi connectivity index (χ1v) is 8.29. The Morgan fingerprint density at radius 1 is 1.16 bits per heavy atom. The Kier molecular flexibility index (Phi) is 7.00. The average molecular weight is 343 g/mol. The van der Waals surface area contributed by atoms with Gasteiger partial charge in [-0.2, -0.15) is 0 Å². The third-order valence-corrected chi connectivity index (χ3v) is 3.57. The molecule has 2 aromatic rings. The summed E-state index contributed by atoms with van der Waals surface area (Å²) in [4.78, 5) is 16.0. The molecule has 3 N–H and O–H groups in total. The molecule has 0 fully saturated rings. The minimum Gasteiger partial charge on any atom is -0.359 e. The van der Waals surface area contributed by atoms with Crippen LogP contribution in [0.4, 0.5) is 0 Å². The van der Waals surface area contributed by atoms with Crippen molar-refractivity contribution in [2.24, 2.45) is 4.99 Å². The van der Waals surface area contributed by atoms with Crippen molar-refractivity contribution in [3.8, 4) is 0 Å². The fraction of sp³-hybridized carbons (Fsp3) is 0.389. The summed E-state index contributed by atoms with van der Waals surface area (Å²) in [5.74, 6) is 1.47. The van der Waals surface area contributed by atoms with Gasteiger partial charge in [0.05, 0.1) is 18.8 Å². The monoisotopic (exact) mass is 343 g/mol. The van der Waals surface area contributed by atoms with Crippen LogP contribution in [0, 0.1) is 0 Å². The van der Waals surface area contributed by atoms with Gasteiger partial charge in [0.25, 0.3) is 0 Å². The fourth-order valence-electron chi connectivity index (χ4n) is 2.10. The van der Waals surface area contributed by atoms with Crippen molar-refractivity contribution < 1.29 is 9.32 Å². The molecule has 0 bridgehead atoms. The number of aliphatic imine (C=N–C) groups is 1. The smallest absolute Gasteiger partial charge is 0.239 e. The highest BCUT2D eigenvalue weighted by molar-refractivity contribution is 5.86. The lowest BCUT2D eigenvalue weighted by Gasteiger charge is -2.11. The number of carbonyl (C=O) groups excluding carboxylic acids is 1. The van der Waals surface area contributed by atoms with Gasteiger partial charge in [0.1, 0.15) is 0 Å². The Morgan fingerprint density at radius 2 is 1.92 bits per heavy atom. The molecule has 134 valence electrons. The molecule has 1 aromatic heterocycles. The highest BCUT2D eigenvalue weighted by Gasteiger charge is 2.09. The van der Waals surface area contributed by atoms with E-state index in [1.165, 1.54) is 0 Å². The molecule has 0 saturated heterocycles. The number of hydrogen-bond acceptors (Lipinski definition) is 4. The number of rotatable bonds is 7. The second-order valence-electron chi connectivity index (χ2n) is 5.91. The van der Waals surface area contributed by atoms with Crippen LogP contribution in [0.15, 0.2) is 45.9 Å². The SMILES string of the molecule is CN=C(NCC(=O)NCc1ccccc1)NCc1cc(C(C)C)no1. The maximum atomic E-state index is 11.9. The van der Waals surface area contributed by atoms with Crippen molar-refractivity contribution in [2.75, 3.05) is 13.6 Å². The van der Waals surface area contributed by atoms with E-state index >= 15 is 0 Å². The molecule has 0 aliphatic heterocycles. The van der Waals surface area contributed by atoms with Gasteiger partial charge in [0.15, 0.2) is 11.7 Å². The molecule has 2 rings (SSSR count). The quantitative estimate of drug-likeness (QED) is 0.526. The second-order valence-corrected chi connectivity index (χ2v) is 5.91. The zero-order valence-corrected chi connectivity index (χ0v) is 14.9. The van der Waals surface area contributed by atoms with Crippen LogP contribution in [0.1, 0.15) is 36.8 Å². The topological polar surface area (TPSA) is 91.5 Å². The van der Waals surface area contributed by atoms with Gasteiger partial charge in [-0.25, -0.2) is 0 Å². The van der Waals surface area contributed by atoms with E-state index in [0.29, 0.717) is 25.0 Å². The maximum absolute atomic E-state index is 11.9. The minimum atomic E-state index is -0.103. The number of nitrogens with one attached hydrogen (secondary N) is 3. The molecule has 7 heteroatoms. The van der Waals surface area contributed by atoms with Crippen LogP contribution in [-0.4, -0.2) is 30.6 Å². The van der Waals surface area contributed by atoms with Crippen LogP contribution in [0.2, 0.25) is 0 Å². The third kappa shape index (κ3) is 6.29. The summed E-state index contributed by atoms with van der Waals surface area (Å²) in [5, 5.41) is 12.9. The van der Waals surface area contributed by atoms with Crippen LogP contribution < -0.4 is 16.0 Å². The van der Waals surface area contributed by atoms with Crippen molar-refractivity contribution in [1.29, 1.82) is 0 Å². The molecule has 1 amide bonds. The molecule has 0 saturated carbocycles. The number of aromatic nitrogens is 1. The van der Waals surface area contributed by atoms with Crippen molar-refractivity contribution in [2.45, 2.75) is 32.9 Å². The number of benzene rings is 1. The van der Waals surface area contributed by atoms with E-state index in [-0.39, 0.29) is 12.5 Å². The highest BCUT2D eigenvalue weighted by atomic mass is 16.5. The van der Waals surface area contributed by atoms with Gasteiger partial charge in [0, 0.05) is 19.7 Å². The van der Waals surface area contributed by atoms with E-state index in [1.807, 2.05) is 36.4 Å². The minimum absolute atomic E-state index is 0.103. The first-order chi connectivity index (χ1) is 12.1. The lowest BCUT2D eigenvalue weighted by atomic mass is 10.1. The standard InChI is InChI=1S/C18H25N5O2/c1-13(2)16-9-15(25-23-16)11-21-18(19-3)22-12-17(24)20-10-14-7-5-4-6-8-14/h4-9,13H,10-12H2,1-3H3,(H,20,24)(H2,19,21,22). The van der Waals surface area contributed by atoms with E-state index < -0.39 is 0 Å². The lowest BCUT2D eigenvalue weighted by Crippen LogP contribution is -2.42. The van der Waals surface area contributed by atoms with Gasteiger partial charge in [-0.05, 0) is 11.5 Å². The largest absolute Gasteiger partial charge is 0.359 e. The molecule has 25 heavy (non-hydrogen) atoms. The Hall–Kier alpha value is -2.83. The molecule has 0 spiro atoms. The van der Waals surface area contributed by atoms with Gasteiger partial charge < -0.3 is 20.5 Å². The Bertz CT molecular complexity index is 695. The molecule has 0 radical (unpaired) electrons. The van der Waals surface area contributed by atoms with Gasteiger partial charge in [-0.15, -0.1) is 0 Å². The predicted octanol–water partition coefficient (Wildman–Crippen LogP) is 1.78. The summed E-state index contributed by atoms with van der Waals surface area (Å²) < 4.78 is 5.26. The number of carbonyl (C=O) groups is 1. The zero-order valence-electron chi connectivity index (χ0n) is 14.9. The van der Waals surface area contributed by atoms with Crippen LogP contribution in [0.5, 0.6) is 0 Å². The van der Waals surface area contributed by atoms with Crippen LogP contribution in [0.3, 0.4) is 0 Å². The highest BCUT2D eigenvalue weighted by Crippen LogP contribution is 2.13. The van der Waals surface area contributed by atoms with E-state index in [0.717, 1.165) is 17.0 Å². The van der Waals surface area contributed by atoms with Crippen molar-refractivity contribution >= 4 is 11.9 Å². The summed E-state index contributed by atoms with van der Waals surface area (Å²) in [5.41, 5.74) is 1.98. The Morgan fingerprint density at radius 3 is 2.56 bits per heavy atom. The molecule has 0 aliphatic carbocycles. The van der Waals surface area contributed by atoms with E-state index in [4.69, 9.17) is 4.52 Å². The van der Waals surface area contributed by atoms with Crippen molar-refractivity contribution in [1.82, 2.24) is 21.1 Å². The third-order valence-electron chi connectivity index (χ3n) is 3.57. The van der Waals surface area contributed by atoms with Crippen molar-refractivity contribution in [3.05, 3.63) is 53.4 Å². The number of hydrogen-bond donors (Lipinski definition) is 3. The summed E-state index contributed by atoms with van der Waals surface area (Å²) in [6.45, 7) is 5.21. The molecule has 1 aromatic carbocycles. The Labute approximate surface area is 147 Å². The zero-order chi connectivity index (χ0) is 18.1. The van der Waals surface area contributed by atoms with Crippen LogP contribution in [0.25, 0.3) is 0 Å². The lowest BCUT2D eigenvalue weighted by molar-refractivity contribution is -0.120. The molecule has 0 atom stereocenters. The van der Waals surface area contributed by atoms with Crippen LogP contribution >= 0.6 is 0 Å². The Balaban J connectivity index is 1.71. The number of guanidine groups is 1. The first kappa shape index (κ1) is 18.5. The van der Waals surface area contributed by atoms with Gasteiger partial charge in [-0.1, -0.05) is 49.3 Å². The second kappa shape index (κ2) is 9.46. The molecular formula is C18H25N5O2. The summed E-state index contributed by atoms with van der Waals surface area (Å²) in [6, 6.07) is 11.7. The van der Waals surface area contributed by atoms with Gasteiger partial charge in [0.2, 0.25) is 5.91 Å². The summed E-state index contributed by atoms with van der Waals surface area (Å²) in [7, 11) is 1.65. The fourth-order valence-corrected chi connectivity index (χ4v) is 2.10. The van der Waals surface area contributed by atoms with Gasteiger partial charge >= 0.3 is 0 Å². The maximum Gasteiger partial charge on any atom is 0.239 e. The average Bonchev–Trinajstić information content (AvgIpc) is 3.10. The summed E-state index contributed by atoms with van der Waals surface area (Å²) >= 11 is 0. The predicted molar refractivity (Wildman–Crippen MR) is 97.1 cm³/mol. The molecule has 0 aliphatic rings.